The van der Waals surface area contributed by atoms with Crippen molar-refractivity contribution in [1.29, 1.82) is 0 Å². The Kier molecular flexibility index (Phi) is 5.24. The zero-order chi connectivity index (χ0) is 17.9. The number of amides is 1. The Hall–Kier alpha value is -2.40. The molecule has 126 valence electrons. The predicted octanol–water partition coefficient (Wildman–Crippen LogP) is 4.00. The maximum atomic E-state index is 12.3. The van der Waals surface area contributed by atoms with Crippen LogP contribution in [0.2, 0.25) is 0 Å². The van der Waals surface area contributed by atoms with Gasteiger partial charge in [0.15, 0.2) is 5.11 Å². The second kappa shape index (κ2) is 7.01. The Morgan fingerprint density at radius 2 is 1.71 bits per heavy atom. The molecule has 0 bridgehead atoms. The molecule has 2 rings (SSSR count). The molecule has 0 fully saturated rings. The molecule has 0 aliphatic rings. The van der Waals surface area contributed by atoms with E-state index < -0.39 is 0 Å². The van der Waals surface area contributed by atoms with E-state index in [-0.39, 0.29) is 16.4 Å². The first-order valence-corrected chi connectivity index (χ1v) is 8.16. The van der Waals surface area contributed by atoms with E-state index in [4.69, 9.17) is 18.0 Å². The standard InChI is InChI=1S/C19H23N3OS/c1-12-11-15(20)9-10-16(12)21-18(24)22-17(23)13-5-7-14(8-6-13)19(2,3)4/h5-11H,20H2,1-4H3,(H2,21,22,23,24). The van der Waals surface area contributed by atoms with Gasteiger partial charge in [-0.3, -0.25) is 10.1 Å². The zero-order valence-corrected chi connectivity index (χ0v) is 15.3. The number of hydrogen-bond donors (Lipinski definition) is 3. The van der Waals surface area contributed by atoms with Gasteiger partial charge < -0.3 is 11.1 Å². The Morgan fingerprint density at radius 1 is 1.08 bits per heavy atom. The maximum absolute atomic E-state index is 12.3. The molecule has 4 nitrogen and oxygen atoms in total. The molecule has 0 spiro atoms. The van der Waals surface area contributed by atoms with E-state index >= 15 is 0 Å². The average Bonchev–Trinajstić information content (AvgIpc) is 2.49. The monoisotopic (exact) mass is 341 g/mol. The molecule has 2 aromatic rings. The number of hydrogen-bond acceptors (Lipinski definition) is 3. The molecule has 5 heteroatoms. The highest BCUT2D eigenvalue weighted by Gasteiger charge is 2.15. The molecule has 0 unspecified atom stereocenters. The minimum atomic E-state index is -0.235. The summed E-state index contributed by atoms with van der Waals surface area (Å²) >= 11 is 5.22. The number of anilines is 2. The minimum absolute atomic E-state index is 0.0541. The highest BCUT2D eigenvalue weighted by Crippen LogP contribution is 2.22. The van der Waals surface area contributed by atoms with Crippen molar-refractivity contribution in [2.24, 2.45) is 0 Å². The van der Waals surface area contributed by atoms with Crippen LogP contribution in [0.25, 0.3) is 0 Å². The van der Waals surface area contributed by atoms with Crippen LogP contribution < -0.4 is 16.4 Å². The molecule has 0 aliphatic heterocycles. The topological polar surface area (TPSA) is 67.2 Å². The molecule has 0 radical (unpaired) electrons. The third kappa shape index (κ3) is 4.55. The number of carbonyl (C=O) groups is 1. The van der Waals surface area contributed by atoms with Crippen molar-refractivity contribution in [3.8, 4) is 0 Å². The van der Waals surface area contributed by atoms with Crippen LogP contribution in [0.1, 0.15) is 42.3 Å². The molecular weight excluding hydrogens is 318 g/mol. The number of thiocarbonyl (C=S) groups is 1. The predicted molar refractivity (Wildman–Crippen MR) is 104 cm³/mol. The number of nitrogens with two attached hydrogens (primary N) is 1. The fourth-order valence-corrected chi connectivity index (χ4v) is 2.48. The van der Waals surface area contributed by atoms with Crippen LogP contribution in [0.4, 0.5) is 11.4 Å². The van der Waals surface area contributed by atoms with Crippen molar-refractivity contribution in [1.82, 2.24) is 5.32 Å². The van der Waals surface area contributed by atoms with E-state index in [9.17, 15) is 4.79 Å². The van der Waals surface area contributed by atoms with Crippen molar-refractivity contribution in [2.75, 3.05) is 11.1 Å². The van der Waals surface area contributed by atoms with E-state index in [2.05, 4.69) is 31.4 Å². The van der Waals surface area contributed by atoms with E-state index in [1.54, 1.807) is 6.07 Å². The number of benzene rings is 2. The molecule has 0 saturated heterocycles. The first-order chi connectivity index (χ1) is 11.2. The lowest BCUT2D eigenvalue weighted by atomic mass is 9.87. The number of nitrogen functional groups attached to an aromatic ring is 1. The lowest BCUT2D eigenvalue weighted by molar-refractivity contribution is 0.0977. The Morgan fingerprint density at radius 3 is 2.25 bits per heavy atom. The summed E-state index contributed by atoms with van der Waals surface area (Å²) in [6, 6.07) is 13.0. The molecule has 1 amide bonds. The van der Waals surface area contributed by atoms with Crippen LogP contribution in [0, 0.1) is 6.92 Å². The van der Waals surface area contributed by atoms with Gasteiger partial charge in [-0.15, -0.1) is 0 Å². The molecule has 0 atom stereocenters. The molecule has 0 aliphatic carbocycles. The van der Waals surface area contributed by atoms with E-state index in [0.29, 0.717) is 11.3 Å². The summed E-state index contributed by atoms with van der Waals surface area (Å²) in [6.45, 7) is 8.33. The number of rotatable bonds is 2. The maximum Gasteiger partial charge on any atom is 0.257 e. The van der Waals surface area contributed by atoms with E-state index in [1.165, 1.54) is 5.56 Å². The fourth-order valence-electron chi connectivity index (χ4n) is 2.28. The van der Waals surface area contributed by atoms with Crippen LogP contribution in [-0.4, -0.2) is 11.0 Å². The normalized spacial score (nSPS) is 11.0. The van der Waals surface area contributed by atoms with Crippen LogP contribution in [-0.2, 0) is 5.41 Å². The first kappa shape index (κ1) is 17.9. The smallest absolute Gasteiger partial charge is 0.257 e. The third-order valence-electron chi connectivity index (χ3n) is 3.74. The number of aryl methyl sites for hydroxylation is 1. The lowest BCUT2D eigenvalue weighted by Crippen LogP contribution is -2.34. The van der Waals surface area contributed by atoms with Gasteiger partial charge in [-0.25, -0.2) is 0 Å². The van der Waals surface area contributed by atoms with Crippen molar-refractivity contribution < 1.29 is 4.79 Å². The number of carbonyl (C=O) groups excluding carboxylic acids is 1. The summed E-state index contributed by atoms with van der Waals surface area (Å²) in [7, 11) is 0. The summed E-state index contributed by atoms with van der Waals surface area (Å²) in [4.78, 5) is 12.3. The summed E-state index contributed by atoms with van der Waals surface area (Å²) in [5.41, 5.74) is 9.99. The van der Waals surface area contributed by atoms with Crippen LogP contribution in [0.3, 0.4) is 0 Å². The first-order valence-electron chi connectivity index (χ1n) is 7.76. The number of nitrogens with one attached hydrogen (secondary N) is 2. The lowest BCUT2D eigenvalue weighted by Gasteiger charge is -2.19. The highest BCUT2D eigenvalue weighted by atomic mass is 32.1. The van der Waals surface area contributed by atoms with Gasteiger partial charge in [0.25, 0.3) is 5.91 Å². The van der Waals surface area contributed by atoms with Gasteiger partial charge in [0.05, 0.1) is 0 Å². The van der Waals surface area contributed by atoms with Crippen molar-refractivity contribution in [2.45, 2.75) is 33.1 Å². The second-order valence-corrected chi connectivity index (χ2v) is 7.22. The summed E-state index contributed by atoms with van der Waals surface area (Å²) in [5.74, 6) is -0.235. The SMILES string of the molecule is Cc1cc(N)ccc1NC(=S)NC(=O)c1ccc(C(C)(C)C)cc1. The van der Waals surface area contributed by atoms with Crippen LogP contribution in [0.5, 0.6) is 0 Å². The second-order valence-electron chi connectivity index (χ2n) is 6.81. The Balaban J connectivity index is 2.02. The van der Waals surface area contributed by atoms with Crippen molar-refractivity contribution >= 4 is 34.6 Å². The van der Waals surface area contributed by atoms with Crippen molar-refractivity contribution in [3.63, 3.8) is 0 Å². The zero-order valence-electron chi connectivity index (χ0n) is 14.4. The van der Waals surface area contributed by atoms with Gasteiger partial charge in [0.1, 0.15) is 0 Å². The quantitative estimate of drug-likeness (QED) is 0.570. The van der Waals surface area contributed by atoms with Gasteiger partial charge in [0, 0.05) is 16.9 Å². The third-order valence-corrected chi connectivity index (χ3v) is 3.94. The minimum Gasteiger partial charge on any atom is -0.399 e. The summed E-state index contributed by atoms with van der Waals surface area (Å²) in [6.07, 6.45) is 0. The van der Waals surface area contributed by atoms with Gasteiger partial charge in [-0.1, -0.05) is 32.9 Å². The van der Waals surface area contributed by atoms with Gasteiger partial charge >= 0.3 is 0 Å². The van der Waals surface area contributed by atoms with E-state index in [1.807, 2.05) is 43.3 Å². The molecule has 0 aromatic heterocycles. The largest absolute Gasteiger partial charge is 0.399 e. The molecule has 4 N–H and O–H groups in total. The molecule has 2 aromatic carbocycles. The summed E-state index contributed by atoms with van der Waals surface area (Å²) < 4.78 is 0. The average molecular weight is 341 g/mol. The fraction of sp³-hybridized carbons (Fsp3) is 0.263. The molecular formula is C19H23N3OS. The van der Waals surface area contributed by atoms with Gasteiger partial charge in [0.2, 0.25) is 0 Å². The van der Waals surface area contributed by atoms with Gasteiger partial charge in [-0.05, 0) is 66.0 Å². The Bertz CT molecular complexity index is 761. The molecule has 0 heterocycles. The molecule has 24 heavy (non-hydrogen) atoms. The van der Waals surface area contributed by atoms with Gasteiger partial charge in [-0.2, -0.15) is 0 Å². The Labute approximate surface area is 148 Å². The molecule has 0 saturated carbocycles. The van der Waals surface area contributed by atoms with Crippen molar-refractivity contribution in [3.05, 3.63) is 59.2 Å². The van der Waals surface area contributed by atoms with Crippen LogP contribution in [0.15, 0.2) is 42.5 Å². The van der Waals surface area contributed by atoms with Crippen LogP contribution >= 0.6 is 12.2 Å². The summed E-state index contributed by atoms with van der Waals surface area (Å²) in [5, 5.41) is 5.97. The highest BCUT2D eigenvalue weighted by molar-refractivity contribution is 7.80. The van der Waals surface area contributed by atoms with E-state index in [0.717, 1.165) is 11.3 Å².